The number of aryl methyl sites for hydroxylation is 1. The first-order valence-corrected chi connectivity index (χ1v) is 10.6. The Balaban J connectivity index is 1.97. The average Bonchev–Trinajstić information content (AvgIpc) is 2.65. The fourth-order valence-electron chi connectivity index (χ4n) is 2.64. The summed E-state index contributed by atoms with van der Waals surface area (Å²) in [6.07, 6.45) is 0.639. The Labute approximate surface area is 181 Å². The number of amides is 1. The summed E-state index contributed by atoms with van der Waals surface area (Å²) in [5, 5.41) is 12.9. The molecule has 2 aromatic rings. The number of ether oxygens (including phenoxy) is 2. The highest BCUT2D eigenvalue weighted by Crippen LogP contribution is 2.36. The first-order valence-electron chi connectivity index (χ1n) is 9.41. The lowest BCUT2D eigenvalue weighted by atomic mass is 10.1. The van der Waals surface area contributed by atoms with Crippen molar-refractivity contribution in [1.29, 1.82) is 0 Å². The van der Waals surface area contributed by atoms with Crippen LogP contribution in [0.25, 0.3) is 0 Å². The summed E-state index contributed by atoms with van der Waals surface area (Å²) in [5.41, 5.74) is 0.378. The zero-order valence-electron chi connectivity index (χ0n) is 17.2. The molecule has 0 spiro atoms. The van der Waals surface area contributed by atoms with Gasteiger partial charge in [0, 0.05) is 9.92 Å². The minimum Gasteiger partial charge on any atom is -0.496 e. The number of carbonyl (C=O) groups is 1. The SMILES string of the molecule is COc1ccccc1Sc1ccc(CCC(CO)NC(=O)OC(C)(C)C)c(Cl)c1. The molecule has 158 valence electrons. The predicted molar refractivity (Wildman–Crippen MR) is 117 cm³/mol. The summed E-state index contributed by atoms with van der Waals surface area (Å²) in [4.78, 5) is 13.9. The summed E-state index contributed by atoms with van der Waals surface area (Å²) >= 11 is 8.05. The smallest absolute Gasteiger partial charge is 0.407 e. The lowest BCUT2D eigenvalue weighted by Crippen LogP contribution is -2.41. The van der Waals surface area contributed by atoms with Crippen LogP contribution in [0.2, 0.25) is 5.02 Å². The van der Waals surface area contributed by atoms with E-state index in [1.165, 1.54) is 0 Å². The molecular weight excluding hydrogens is 410 g/mol. The highest BCUT2D eigenvalue weighted by atomic mass is 35.5. The van der Waals surface area contributed by atoms with Gasteiger partial charge in [0.2, 0.25) is 0 Å². The Kier molecular flexibility index (Phi) is 8.68. The minimum absolute atomic E-state index is 0.168. The molecule has 0 radical (unpaired) electrons. The van der Waals surface area contributed by atoms with Gasteiger partial charge in [-0.3, -0.25) is 0 Å². The second-order valence-electron chi connectivity index (χ2n) is 7.57. The van der Waals surface area contributed by atoms with Crippen LogP contribution in [-0.4, -0.2) is 36.6 Å². The van der Waals surface area contributed by atoms with Crippen molar-refractivity contribution in [1.82, 2.24) is 5.32 Å². The van der Waals surface area contributed by atoms with E-state index in [1.54, 1.807) is 39.6 Å². The van der Waals surface area contributed by atoms with Crippen LogP contribution in [0, 0.1) is 0 Å². The third-order valence-corrected chi connectivity index (χ3v) is 5.42. The topological polar surface area (TPSA) is 67.8 Å². The van der Waals surface area contributed by atoms with E-state index in [4.69, 9.17) is 21.1 Å². The number of hydrogen-bond acceptors (Lipinski definition) is 5. The fraction of sp³-hybridized carbons (Fsp3) is 0.409. The maximum atomic E-state index is 11.9. The van der Waals surface area contributed by atoms with Gasteiger partial charge in [-0.25, -0.2) is 4.79 Å². The summed E-state index contributed by atoms with van der Waals surface area (Å²) in [6, 6.07) is 13.3. The van der Waals surface area contributed by atoms with Gasteiger partial charge in [-0.05, 0) is 63.4 Å². The molecule has 5 nitrogen and oxygen atoms in total. The van der Waals surface area contributed by atoms with Gasteiger partial charge < -0.3 is 19.9 Å². The molecule has 0 saturated carbocycles. The molecule has 0 bridgehead atoms. The van der Waals surface area contributed by atoms with E-state index in [1.807, 2.05) is 42.5 Å². The van der Waals surface area contributed by atoms with Crippen molar-refractivity contribution in [3.05, 3.63) is 53.1 Å². The highest BCUT2D eigenvalue weighted by Gasteiger charge is 2.19. The number of aliphatic hydroxyl groups excluding tert-OH is 1. The van der Waals surface area contributed by atoms with Crippen LogP contribution >= 0.6 is 23.4 Å². The van der Waals surface area contributed by atoms with Crippen LogP contribution in [-0.2, 0) is 11.2 Å². The Morgan fingerprint density at radius 2 is 1.97 bits per heavy atom. The molecule has 0 aromatic heterocycles. The largest absolute Gasteiger partial charge is 0.496 e. The van der Waals surface area contributed by atoms with Crippen molar-refractivity contribution in [2.75, 3.05) is 13.7 Å². The summed E-state index contributed by atoms with van der Waals surface area (Å²) < 4.78 is 10.6. The Bertz CT molecular complexity index is 823. The van der Waals surface area contributed by atoms with Crippen LogP contribution in [0.15, 0.2) is 52.3 Å². The molecule has 2 aromatic carbocycles. The molecule has 0 saturated heterocycles. The van der Waals surface area contributed by atoms with Crippen molar-refractivity contribution in [2.45, 2.75) is 55.0 Å². The first-order chi connectivity index (χ1) is 13.7. The maximum Gasteiger partial charge on any atom is 0.407 e. The quantitative estimate of drug-likeness (QED) is 0.585. The normalized spacial score (nSPS) is 12.3. The standard InChI is InChI=1S/C22H28ClNO4S/c1-22(2,3)28-21(26)24-16(14-25)11-9-15-10-12-17(13-18(15)23)29-20-8-6-5-7-19(20)27-4/h5-8,10,12-13,16,25H,9,11,14H2,1-4H3,(H,24,26). The number of alkyl carbamates (subject to hydrolysis) is 1. The lowest BCUT2D eigenvalue weighted by Gasteiger charge is -2.22. The third kappa shape index (κ3) is 7.80. The molecule has 7 heteroatoms. The average molecular weight is 438 g/mol. The zero-order chi connectivity index (χ0) is 21.4. The van der Waals surface area contributed by atoms with E-state index < -0.39 is 17.7 Å². The van der Waals surface area contributed by atoms with Crippen LogP contribution in [0.3, 0.4) is 0 Å². The molecule has 29 heavy (non-hydrogen) atoms. The highest BCUT2D eigenvalue weighted by molar-refractivity contribution is 7.99. The molecule has 2 N–H and O–H groups in total. The number of aliphatic hydroxyl groups is 1. The van der Waals surface area contributed by atoms with Gasteiger partial charge in [-0.2, -0.15) is 0 Å². The molecule has 1 atom stereocenters. The van der Waals surface area contributed by atoms with Gasteiger partial charge in [0.05, 0.1) is 24.7 Å². The summed E-state index contributed by atoms with van der Waals surface area (Å²) in [6.45, 7) is 5.22. The van der Waals surface area contributed by atoms with Crippen molar-refractivity contribution < 1.29 is 19.4 Å². The lowest BCUT2D eigenvalue weighted by molar-refractivity contribution is 0.0479. The van der Waals surface area contributed by atoms with Gasteiger partial charge in [-0.15, -0.1) is 0 Å². The van der Waals surface area contributed by atoms with Crippen LogP contribution in [0.4, 0.5) is 4.79 Å². The Morgan fingerprint density at radius 1 is 1.24 bits per heavy atom. The molecule has 0 heterocycles. The van der Waals surface area contributed by atoms with Crippen molar-refractivity contribution >= 4 is 29.5 Å². The summed E-state index contributed by atoms with van der Waals surface area (Å²) in [7, 11) is 1.65. The second kappa shape index (κ2) is 10.8. The maximum absolute atomic E-state index is 11.9. The molecular formula is C22H28ClNO4S. The number of para-hydroxylation sites is 1. The van der Waals surface area contributed by atoms with Crippen molar-refractivity contribution in [3.8, 4) is 5.75 Å². The Hall–Kier alpha value is -1.89. The van der Waals surface area contributed by atoms with Crippen LogP contribution in [0.1, 0.15) is 32.8 Å². The molecule has 0 aliphatic heterocycles. The number of rotatable bonds is 8. The number of benzene rings is 2. The van der Waals surface area contributed by atoms with E-state index in [2.05, 4.69) is 5.32 Å². The Morgan fingerprint density at radius 3 is 2.59 bits per heavy atom. The fourth-order valence-corrected chi connectivity index (χ4v) is 3.94. The van der Waals surface area contributed by atoms with Crippen LogP contribution < -0.4 is 10.1 Å². The van der Waals surface area contributed by atoms with E-state index in [0.717, 1.165) is 21.1 Å². The van der Waals surface area contributed by atoms with Gasteiger partial charge >= 0.3 is 6.09 Å². The van der Waals surface area contributed by atoms with E-state index in [0.29, 0.717) is 17.9 Å². The molecule has 0 aliphatic carbocycles. The monoisotopic (exact) mass is 437 g/mol. The number of methoxy groups -OCH3 is 1. The molecule has 2 rings (SSSR count). The molecule has 0 fully saturated rings. The first kappa shape index (κ1) is 23.4. The van der Waals surface area contributed by atoms with Crippen LogP contribution in [0.5, 0.6) is 5.75 Å². The third-order valence-electron chi connectivity index (χ3n) is 4.02. The van der Waals surface area contributed by atoms with Crippen molar-refractivity contribution in [3.63, 3.8) is 0 Å². The number of nitrogens with one attached hydrogen (secondary N) is 1. The number of halogens is 1. The van der Waals surface area contributed by atoms with Crippen molar-refractivity contribution in [2.24, 2.45) is 0 Å². The van der Waals surface area contributed by atoms with E-state index in [9.17, 15) is 9.90 Å². The molecule has 1 unspecified atom stereocenters. The van der Waals surface area contributed by atoms with E-state index in [-0.39, 0.29) is 6.61 Å². The van der Waals surface area contributed by atoms with Gasteiger partial charge in [0.15, 0.2) is 0 Å². The number of carbonyl (C=O) groups excluding carboxylic acids is 1. The van der Waals surface area contributed by atoms with E-state index >= 15 is 0 Å². The number of hydrogen-bond donors (Lipinski definition) is 2. The second-order valence-corrected chi connectivity index (χ2v) is 9.09. The predicted octanol–water partition coefficient (Wildman–Crippen LogP) is 5.32. The zero-order valence-corrected chi connectivity index (χ0v) is 18.8. The summed E-state index contributed by atoms with van der Waals surface area (Å²) in [5.74, 6) is 0.816. The minimum atomic E-state index is -0.581. The van der Waals surface area contributed by atoms with Gasteiger partial charge in [0.25, 0.3) is 0 Å². The molecule has 0 aliphatic rings. The van der Waals surface area contributed by atoms with Gasteiger partial charge in [0.1, 0.15) is 11.4 Å². The molecule has 1 amide bonds. The van der Waals surface area contributed by atoms with Gasteiger partial charge in [-0.1, -0.05) is 41.6 Å².